The number of nitrogen functional groups attached to an aromatic ring is 1. The highest BCUT2D eigenvalue weighted by Gasteiger charge is 2.48. The molecule has 2 aliphatic carbocycles. The molecule has 2 aliphatic rings. The number of allylic oxidation sites excluding steroid dienone is 8. The zero-order chi connectivity index (χ0) is 14.9. The molecule has 3 heteroatoms. The summed E-state index contributed by atoms with van der Waals surface area (Å²) in [5.74, 6) is -0.241. The monoisotopic (exact) mass is 271 g/mol. The van der Waals surface area contributed by atoms with Gasteiger partial charge >= 0.3 is 0 Å². The third kappa shape index (κ3) is 1.88. The number of anilines is 1. The van der Waals surface area contributed by atoms with Crippen LogP contribution in [-0.2, 0) is 0 Å². The fraction of sp³-hybridized carbons (Fsp3) is 0.111. The number of nitriles is 2. The highest BCUT2D eigenvalue weighted by atomic mass is 14.5. The summed E-state index contributed by atoms with van der Waals surface area (Å²) in [6.07, 6.45) is 11.5. The van der Waals surface area contributed by atoms with E-state index in [2.05, 4.69) is 12.1 Å². The van der Waals surface area contributed by atoms with Gasteiger partial charge in [0.05, 0.1) is 12.1 Å². The van der Waals surface area contributed by atoms with Gasteiger partial charge in [0.15, 0.2) is 5.41 Å². The van der Waals surface area contributed by atoms with Crippen LogP contribution >= 0.6 is 0 Å². The molecule has 0 radical (unpaired) electrons. The van der Waals surface area contributed by atoms with E-state index >= 15 is 0 Å². The lowest BCUT2D eigenvalue weighted by atomic mass is 9.73. The lowest BCUT2D eigenvalue weighted by Gasteiger charge is -2.23. The lowest BCUT2D eigenvalue weighted by Crippen LogP contribution is -2.24. The SMILES string of the molecule is N#CC1(C#N)C(c2ccc(N)cc2)=CC2=CC=CC=CC21. The van der Waals surface area contributed by atoms with E-state index in [4.69, 9.17) is 5.73 Å². The minimum absolute atomic E-state index is 0.241. The summed E-state index contributed by atoms with van der Waals surface area (Å²) in [7, 11) is 0. The lowest BCUT2D eigenvalue weighted by molar-refractivity contribution is 0.578. The molecule has 1 aromatic rings. The van der Waals surface area contributed by atoms with Gasteiger partial charge in [0.25, 0.3) is 0 Å². The van der Waals surface area contributed by atoms with Gasteiger partial charge < -0.3 is 5.73 Å². The van der Waals surface area contributed by atoms with Crippen molar-refractivity contribution in [2.75, 3.05) is 5.73 Å². The van der Waals surface area contributed by atoms with Crippen LogP contribution in [0.4, 0.5) is 5.69 Å². The number of hydrogen-bond donors (Lipinski definition) is 1. The first kappa shape index (κ1) is 13.0. The van der Waals surface area contributed by atoms with Crippen LogP contribution in [0.5, 0.6) is 0 Å². The summed E-state index contributed by atoms with van der Waals surface area (Å²) in [4.78, 5) is 0. The number of rotatable bonds is 1. The molecule has 0 heterocycles. The van der Waals surface area contributed by atoms with Crippen LogP contribution in [-0.4, -0.2) is 0 Å². The smallest absolute Gasteiger partial charge is 0.179 e. The quantitative estimate of drug-likeness (QED) is 0.796. The molecule has 0 aliphatic heterocycles. The standard InChI is InChI=1S/C18H13N3/c19-11-18(12-20)16-5-3-1-2-4-14(16)10-17(18)13-6-8-15(21)9-7-13/h1-10,16H,21H2. The fourth-order valence-electron chi connectivity index (χ4n) is 2.86. The zero-order valence-corrected chi connectivity index (χ0v) is 11.3. The number of nitrogens with zero attached hydrogens (tertiary/aromatic N) is 2. The zero-order valence-electron chi connectivity index (χ0n) is 11.3. The third-order valence-corrected chi connectivity index (χ3v) is 3.95. The first-order valence-corrected chi connectivity index (χ1v) is 6.67. The average molecular weight is 271 g/mol. The largest absolute Gasteiger partial charge is 0.399 e. The van der Waals surface area contributed by atoms with Crippen LogP contribution < -0.4 is 5.73 Å². The van der Waals surface area contributed by atoms with E-state index in [9.17, 15) is 10.5 Å². The molecular formula is C18H13N3. The van der Waals surface area contributed by atoms with Gasteiger partial charge in [-0.2, -0.15) is 10.5 Å². The summed E-state index contributed by atoms with van der Waals surface area (Å²) in [5, 5.41) is 19.4. The van der Waals surface area contributed by atoms with E-state index < -0.39 is 5.41 Å². The van der Waals surface area contributed by atoms with E-state index in [-0.39, 0.29) is 5.92 Å². The summed E-state index contributed by atoms with van der Waals surface area (Å²) in [6, 6.07) is 11.8. The van der Waals surface area contributed by atoms with E-state index in [0.717, 1.165) is 16.7 Å². The Morgan fingerprint density at radius 2 is 1.71 bits per heavy atom. The van der Waals surface area contributed by atoms with Gasteiger partial charge in [-0.1, -0.05) is 48.6 Å². The van der Waals surface area contributed by atoms with E-state index in [1.807, 2.05) is 48.6 Å². The number of hydrogen-bond acceptors (Lipinski definition) is 3. The van der Waals surface area contributed by atoms with Gasteiger partial charge in [-0.3, -0.25) is 0 Å². The van der Waals surface area contributed by atoms with Crippen molar-refractivity contribution in [3.8, 4) is 12.1 Å². The maximum atomic E-state index is 9.71. The molecule has 1 unspecified atom stereocenters. The molecule has 1 atom stereocenters. The molecule has 21 heavy (non-hydrogen) atoms. The van der Waals surface area contributed by atoms with Crippen molar-refractivity contribution < 1.29 is 0 Å². The summed E-state index contributed by atoms with van der Waals surface area (Å²) < 4.78 is 0. The Morgan fingerprint density at radius 1 is 1.00 bits per heavy atom. The van der Waals surface area contributed by atoms with Crippen molar-refractivity contribution >= 4 is 11.3 Å². The molecule has 0 spiro atoms. The van der Waals surface area contributed by atoms with Crippen molar-refractivity contribution in [2.45, 2.75) is 0 Å². The second kappa shape index (κ2) is 4.81. The molecule has 0 saturated heterocycles. The third-order valence-electron chi connectivity index (χ3n) is 3.95. The van der Waals surface area contributed by atoms with Crippen LogP contribution in [0.3, 0.4) is 0 Å². The number of nitrogens with two attached hydrogens (primary N) is 1. The molecule has 3 nitrogen and oxygen atoms in total. The number of benzene rings is 1. The Hall–Kier alpha value is -3.04. The molecule has 3 rings (SSSR count). The van der Waals surface area contributed by atoms with E-state index in [0.29, 0.717) is 5.69 Å². The Bertz CT molecular complexity index is 763. The van der Waals surface area contributed by atoms with Crippen molar-refractivity contribution in [1.82, 2.24) is 0 Å². The van der Waals surface area contributed by atoms with Gasteiger partial charge in [0.2, 0.25) is 0 Å². The molecule has 0 bridgehead atoms. The Balaban J connectivity index is 2.21. The van der Waals surface area contributed by atoms with Gasteiger partial charge in [0.1, 0.15) is 0 Å². The van der Waals surface area contributed by atoms with Gasteiger partial charge in [-0.05, 0) is 28.8 Å². The van der Waals surface area contributed by atoms with Gasteiger partial charge in [0, 0.05) is 11.6 Å². The van der Waals surface area contributed by atoms with Crippen LogP contribution in [0, 0.1) is 34.0 Å². The van der Waals surface area contributed by atoms with Crippen molar-refractivity contribution in [3.05, 3.63) is 71.9 Å². The fourth-order valence-corrected chi connectivity index (χ4v) is 2.86. The molecule has 0 amide bonds. The second-order valence-electron chi connectivity index (χ2n) is 5.13. The topological polar surface area (TPSA) is 73.6 Å². The highest BCUT2D eigenvalue weighted by molar-refractivity contribution is 5.83. The van der Waals surface area contributed by atoms with Crippen molar-refractivity contribution in [3.63, 3.8) is 0 Å². The highest BCUT2D eigenvalue weighted by Crippen LogP contribution is 2.51. The first-order valence-electron chi connectivity index (χ1n) is 6.67. The minimum Gasteiger partial charge on any atom is -0.399 e. The molecular weight excluding hydrogens is 258 g/mol. The molecule has 100 valence electrons. The molecule has 0 saturated carbocycles. The normalized spacial score (nSPS) is 21.5. The van der Waals surface area contributed by atoms with Crippen LogP contribution in [0.2, 0.25) is 0 Å². The van der Waals surface area contributed by atoms with Crippen LogP contribution in [0.25, 0.3) is 5.57 Å². The molecule has 0 fully saturated rings. The first-order chi connectivity index (χ1) is 10.2. The van der Waals surface area contributed by atoms with Crippen molar-refractivity contribution in [1.29, 1.82) is 10.5 Å². The van der Waals surface area contributed by atoms with Crippen LogP contribution in [0.15, 0.2) is 66.3 Å². The average Bonchev–Trinajstić information content (AvgIpc) is 2.65. The summed E-state index contributed by atoms with van der Waals surface area (Å²) in [5.41, 5.74) is 7.77. The minimum atomic E-state index is -1.19. The molecule has 0 aromatic heterocycles. The van der Waals surface area contributed by atoms with Gasteiger partial charge in [-0.25, -0.2) is 0 Å². The summed E-state index contributed by atoms with van der Waals surface area (Å²) >= 11 is 0. The van der Waals surface area contributed by atoms with E-state index in [1.54, 1.807) is 12.1 Å². The molecule has 1 aromatic carbocycles. The maximum Gasteiger partial charge on any atom is 0.179 e. The number of fused-ring (bicyclic) bond motifs is 1. The maximum absolute atomic E-state index is 9.71. The Labute approximate surface area is 123 Å². The summed E-state index contributed by atoms with van der Waals surface area (Å²) in [6.45, 7) is 0. The predicted molar refractivity (Wildman–Crippen MR) is 82.3 cm³/mol. The van der Waals surface area contributed by atoms with Crippen LogP contribution in [0.1, 0.15) is 5.56 Å². The molecule has 2 N–H and O–H groups in total. The van der Waals surface area contributed by atoms with Crippen molar-refractivity contribution in [2.24, 2.45) is 11.3 Å². The van der Waals surface area contributed by atoms with Gasteiger partial charge in [-0.15, -0.1) is 0 Å². The van der Waals surface area contributed by atoms with E-state index in [1.165, 1.54) is 0 Å². The predicted octanol–water partition coefficient (Wildman–Crippen LogP) is 3.37. The second-order valence-corrected chi connectivity index (χ2v) is 5.13. The Morgan fingerprint density at radius 3 is 2.38 bits per heavy atom. The Kier molecular flexibility index (Phi) is 2.97.